The second kappa shape index (κ2) is 9.77. The number of ether oxygens (including phenoxy) is 3. The van der Waals surface area contributed by atoms with E-state index in [1.54, 1.807) is 23.1 Å². The van der Waals surface area contributed by atoms with E-state index in [1.165, 1.54) is 0 Å². The molecule has 4 rings (SSSR count). The summed E-state index contributed by atoms with van der Waals surface area (Å²) < 4.78 is 16.7. The molecule has 3 unspecified atom stereocenters. The van der Waals surface area contributed by atoms with Crippen LogP contribution >= 0.6 is 0 Å². The molecule has 2 N–H and O–H groups in total. The fraction of sp³-hybridized carbons (Fsp3) is 0.609. The highest BCUT2D eigenvalue weighted by Crippen LogP contribution is 2.36. The van der Waals surface area contributed by atoms with Gasteiger partial charge in [0, 0.05) is 37.9 Å². The predicted molar refractivity (Wildman–Crippen MR) is 117 cm³/mol. The molecule has 0 aromatic heterocycles. The van der Waals surface area contributed by atoms with Crippen LogP contribution in [0.2, 0.25) is 0 Å². The average molecular weight is 446 g/mol. The van der Waals surface area contributed by atoms with Gasteiger partial charge in [0.2, 0.25) is 17.7 Å². The van der Waals surface area contributed by atoms with E-state index in [0.29, 0.717) is 36.9 Å². The molecule has 174 valence electrons. The van der Waals surface area contributed by atoms with Gasteiger partial charge in [0.15, 0.2) is 11.5 Å². The fourth-order valence-electron chi connectivity index (χ4n) is 4.27. The predicted octanol–water partition coefficient (Wildman–Crippen LogP) is 1.25. The summed E-state index contributed by atoms with van der Waals surface area (Å²) in [5, 5.41) is 5.75. The van der Waals surface area contributed by atoms with E-state index in [1.807, 2.05) is 13.8 Å². The summed E-state index contributed by atoms with van der Waals surface area (Å²) in [6.45, 7) is 6.15. The lowest BCUT2D eigenvalue weighted by Crippen LogP contribution is -2.52. The fourth-order valence-corrected chi connectivity index (χ4v) is 4.27. The molecule has 2 fully saturated rings. The standard InChI is InChI=1S/C23H31N3O6/c1-14(2)21(23(29)24-12-17-4-3-7-30-17)25-22(28)15-10-20(27)26(13-15)16-5-6-18-19(11-16)32-9-8-31-18/h5-6,11,14-15,17,21H,3-4,7-10,12-13H2,1-2H3,(H,24,29)(H,25,28). The van der Waals surface area contributed by atoms with Gasteiger partial charge in [-0.05, 0) is 30.9 Å². The minimum absolute atomic E-state index is 0.0365. The Hall–Kier alpha value is -2.81. The summed E-state index contributed by atoms with van der Waals surface area (Å²) in [4.78, 5) is 39.9. The third kappa shape index (κ3) is 4.98. The van der Waals surface area contributed by atoms with Crippen molar-refractivity contribution in [1.82, 2.24) is 10.6 Å². The molecule has 0 aliphatic carbocycles. The number of carbonyl (C=O) groups excluding carboxylic acids is 3. The first-order valence-corrected chi connectivity index (χ1v) is 11.3. The molecule has 3 atom stereocenters. The number of fused-ring (bicyclic) bond motifs is 1. The van der Waals surface area contributed by atoms with Crippen molar-refractivity contribution < 1.29 is 28.6 Å². The summed E-state index contributed by atoms with van der Waals surface area (Å²) in [6, 6.07) is 4.67. The zero-order chi connectivity index (χ0) is 22.7. The first-order chi connectivity index (χ1) is 15.4. The second-order valence-corrected chi connectivity index (χ2v) is 8.84. The van der Waals surface area contributed by atoms with Gasteiger partial charge in [-0.1, -0.05) is 13.8 Å². The summed E-state index contributed by atoms with van der Waals surface area (Å²) in [5.74, 6) is -0.0173. The number of nitrogens with zero attached hydrogens (tertiary/aromatic N) is 1. The Morgan fingerprint density at radius 1 is 1.16 bits per heavy atom. The van der Waals surface area contributed by atoms with E-state index in [2.05, 4.69) is 10.6 Å². The molecule has 2 saturated heterocycles. The normalized spacial score (nSPS) is 23.3. The van der Waals surface area contributed by atoms with Crippen LogP contribution in [-0.2, 0) is 19.1 Å². The van der Waals surface area contributed by atoms with Gasteiger partial charge >= 0.3 is 0 Å². The van der Waals surface area contributed by atoms with Crippen molar-refractivity contribution in [1.29, 1.82) is 0 Å². The third-order valence-corrected chi connectivity index (χ3v) is 6.11. The van der Waals surface area contributed by atoms with Gasteiger partial charge in [0.1, 0.15) is 19.3 Å². The van der Waals surface area contributed by atoms with Gasteiger partial charge < -0.3 is 29.7 Å². The molecular formula is C23H31N3O6. The summed E-state index contributed by atoms with van der Waals surface area (Å²) in [5.41, 5.74) is 0.671. The zero-order valence-electron chi connectivity index (χ0n) is 18.6. The molecule has 0 saturated carbocycles. The van der Waals surface area contributed by atoms with Crippen LogP contribution in [0.1, 0.15) is 33.1 Å². The van der Waals surface area contributed by atoms with Gasteiger partial charge in [-0.2, -0.15) is 0 Å². The number of anilines is 1. The molecule has 1 aromatic rings. The van der Waals surface area contributed by atoms with Crippen LogP contribution in [0.3, 0.4) is 0 Å². The second-order valence-electron chi connectivity index (χ2n) is 8.84. The van der Waals surface area contributed by atoms with E-state index in [0.717, 1.165) is 19.4 Å². The molecule has 0 radical (unpaired) electrons. The van der Waals surface area contributed by atoms with Crippen molar-refractivity contribution in [3.8, 4) is 11.5 Å². The molecule has 32 heavy (non-hydrogen) atoms. The highest BCUT2D eigenvalue weighted by atomic mass is 16.6. The number of hydrogen-bond acceptors (Lipinski definition) is 6. The first kappa shape index (κ1) is 22.4. The van der Waals surface area contributed by atoms with E-state index < -0.39 is 12.0 Å². The van der Waals surface area contributed by atoms with Crippen LogP contribution < -0.4 is 25.0 Å². The molecule has 0 bridgehead atoms. The smallest absolute Gasteiger partial charge is 0.242 e. The summed E-state index contributed by atoms with van der Waals surface area (Å²) in [7, 11) is 0. The summed E-state index contributed by atoms with van der Waals surface area (Å²) in [6.07, 6.45) is 2.07. The van der Waals surface area contributed by atoms with Crippen molar-refractivity contribution in [3.63, 3.8) is 0 Å². The lowest BCUT2D eigenvalue weighted by Gasteiger charge is -2.24. The van der Waals surface area contributed by atoms with Crippen LogP contribution in [0.4, 0.5) is 5.69 Å². The minimum atomic E-state index is -0.664. The third-order valence-electron chi connectivity index (χ3n) is 6.11. The molecule has 3 aliphatic heterocycles. The molecule has 3 heterocycles. The minimum Gasteiger partial charge on any atom is -0.486 e. The average Bonchev–Trinajstić information content (AvgIpc) is 3.45. The quantitative estimate of drug-likeness (QED) is 0.654. The van der Waals surface area contributed by atoms with Crippen LogP contribution in [0.15, 0.2) is 18.2 Å². The number of rotatable bonds is 7. The van der Waals surface area contributed by atoms with Crippen LogP contribution in [-0.4, -0.2) is 62.8 Å². The van der Waals surface area contributed by atoms with E-state index >= 15 is 0 Å². The molecule has 1 aromatic carbocycles. The maximum Gasteiger partial charge on any atom is 0.242 e. The Morgan fingerprint density at radius 3 is 2.66 bits per heavy atom. The van der Waals surface area contributed by atoms with Crippen molar-refractivity contribution in [2.24, 2.45) is 11.8 Å². The van der Waals surface area contributed by atoms with Gasteiger partial charge in [-0.15, -0.1) is 0 Å². The van der Waals surface area contributed by atoms with Crippen LogP contribution in [0, 0.1) is 11.8 Å². The SMILES string of the molecule is CC(C)C(NC(=O)C1CC(=O)N(c2ccc3c(c2)OCCO3)C1)C(=O)NCC1CCCO1. The first-order valence-electron chi connectivity index (χ1n) is 11.3. The number of hydrogen-bond donors (Lipinski definition) is 2. The van der Waals surface area contributed by atoms with E-state index in [4.69, 9.17) is 14.2 Å². The Labute approximate surface area is 187 Å². The van der Waals surface area contributed by atoms with Crippen molar-refractivity contribution in [3.05, 3.63) is 18.2 Å². The van der Waals surface area contributed by atoms with E-state index in [-0.39, 0.29) is 42.7 Å². The zero-order valence-corrected chi connectivity index (χ0v) is 18.6. The van der Waals surface area contributed by atoms with Gasteiger partial charge in [-0.25, -0.2) is 0 Å². The highest BCUT2D eigenvalue weighted by Gasteiger charge is 2.37. The Bertz CT molecular complexity index is 867. The monoisotopic (exact) mass is 445 g/mol. The molecule has 3 amide bonds. The van der Waals surface area contributed by atoms with Gasteiger partial charge in [-0.3, -0.25) is 14.4 Å². The van der Waals surface area contributed by atoms with Crippen molar-refractivity contribution >= 4 is 23.4 Å². The van der Waals surface area contributed by atoms with Gasteiger partial charge in [0.25, 0.3) is 0 Å². The van der Waals surface area contributed by atoms with E-state index in [9.17, 15) is 14.4 Å². The Balaban J connectivity index is 1.36. The van der Waals surface area contributed by atoms with Crippen molar-refractivity contribution in [2.75, 3.05) is 37.8 Å². The highest BCUT2D eigenvalue weighted by molar-refractivity contribution is 6.01. The lowest BCUT2D eigenvalue weighted by atomic mass is 10.0. The number of benzene rings is 1. The van der Waals surface area contributed by atoms with Crippen LogP contribution in [0.25, 0.3) is 0 Å². The topological polar surface area (TPSA) is 106 Å². The number of amides is 3. The number of carbonyl (C=O) groups is 3. The maximum atomic E-state index is 12.9. The number of nitrogens with one attached hydrogen (secondary N) is 2. The largest absolute Gasteiger partial charge is 0.486 e. The lowest BCUT2D eigenvalue weighted by molar-refractivity contribution is -0.132. The summed E-state index contributed by atoms with van der Waals surface area (Å²) >= 11 is 0. The Morgan fingerprint density at radius 2 is 1.94 bits per heavy atom. The maximum absolute atomic E-state index is 12.9. The molecular weight excluding hydrogens is 414 g/mol. The molecule has 0 spiro atoms. The van der Waals surface area contributed by atoms with Crippen LogP contribution in [0.5, 0.6) is 11.5 Å². The molecule has 3 aliphatic rings. The van der Waals surface area contributed by atoms with Gasteiger partial charge in [0.05, 0.1) is 12.0 Å². The van der Waals surface area contributed by atoms with Crippen molar-refractivity contribution in [2.45, 2.75) is 45.3 Å². The Kier molecular flexibility index (Phi) is 6.83. The molecule has 9 nitrogen and oxygen atoms in total. The molecule has 9 heteroatoms.